The smallest absolute Gasteiger partial charge is 0.870 e. The van der Waals surface area contributed by atoms with Crippen LogP contribution in [0.3, 0.4) is 0 Å². The quantitative estimate of drug-likeness (QED) is 0.363. The number of aliphatic carboxylic acids is 1. The Labute approximate surface area is 169 Å². The molecule has 1 aromatic rings. The Balaban J connectivity index is -0.000000450. The van der Waals surface area contributed by atoms with E-state index in [0.29, 0.717) is 0 Å². The van der Waals surface area contributed by atoms with E-state index < -0.39 is 40.1 Å². The summed E-state index contributed by atoms with van der Waals surface area (Å²) in [6.07, 6.45) is 3.40. The molecule has 1 fully saturated rings. The van der Waals surface area contributed by atoms with Crippen LogP contribution in [-0.2, 0) is 32.3 Å². The number of carboxylic acid groups (broad SMARTS) is 2. The Morgan fingerprint density at radius 1 is 1.07 bits per heavy atom. The Kier molecular flexibility index (Phi) is 15.7. The van der Waals surface area contributed by atoms with Gasteiger partial charge in [-0.2, -0.15) is 12.1 Å². The molecular weight excluding hydrogens is 545 g/mol. The Morgan fingerprint density at radius 3 is 1.89 bits per heavy atom. The Morgan fingerprint density at radius 2 is 1.56 bits per heavy atom. The average molecular weight is 564 g/mol. The molecule has 0 spiro atoms. The van der Waals surface area contributed by atoms with Crippen LogP contribution in [0.2, 0.25) is 0 Å². The van der Waals surface area contributed by atoms with Gasteiger partial charge in [0.05, 0.1) is 10.9 Å². The number of benzene rings is 1. The maximum atomic E-state index is 10.6. The van der Waals surface area contributed by atoms with Crippen LogP contribution in [0, 0.1) is 10.1 Å². The van der Waals surface area contributed by atoms with Gasteiger partial charge in [0.2, 0.25) is 0 Å². The van der Waals surface area contributed by atoms with Crippen LogP contribution >= 0.6 is 0 Å². The molecule has 1 aliphatic rings. The first-order valence-corrected chi connectivity index (χ1v) is 7.33. The molecular formula is C15H19N3O8Pt-2. The second-order valence-corrected chi connectivity index (χ2v) is 5.39. The van der Waals surface area contributed by atoms with E-state index in [1.165, 1.54) is 12.8 Å². The molecule has 12 heteroatoms. The van der Waals surface area contributed by atoms with E-state index in [1.54, 1.807) is 0 Å². The molecule has 154 valence electrons. The first kappa shape index (κ1) is 29.8. The van der Waals surface area contributed by atoms with Gasteiger partial charge < -0.3 is 42.2 Å². The summed E-state index contributed by atoms with van der Waals surface area (Å²) in [6.45, 7) is 0. The zero-order chi connectivity index (χ0) is 18.3. The van der Waals surface area contributed by atoms with Crippen molar-refractivity contribution in [3.8, 4) is 0 Å². The van der Waals surface area contributed by atoms with E-state index in [-0.39, 0.29) is 44.1 Å². The van der Waals surface area contributed by atoms with E-state index in [2.05, 4.69) is 0 Å². The number of nitro groups is 1. The number of nitro benzene ring substituents is 1. The van der Waals surface area contributed by atoms with E-state index >= 15 is 0 Å². The van der Waals surface area contributed by atoms with Gasteiger partial charge in [-0.05, 0) is 0 Å². The summed E-state index contributed by atoms with van der Waals surface area (Å²) in [6, 6.07) is 3.04. The number of aromatic carboxylic acids is 1. The van der Waals surface area contributed by atoms with Gasteiger partial charge in [-0.3, -0.25) is 10.1 Å². The molecule has 2 atom stereocenters. The molecule has 0 amide bonds. The van der Waals surface area contributed by atoms with Crippen LogP contribution in [-0.4, -0.2) is 39.9 Å². The van der Waals surface area contributed by atoms with Crippen molar-refractivity contribution >= 4 is 17.6 Å². The van der Waals surface area contributed by atoms with Crippen molar-refractivity contribution in [2.75, 3.05) is 0 Å². The molecule has 1 aromatic carbocycles. The summed E-state index contributed by atoms with van der Waals surface area (Å²) in [7, 11) is 0. The molecule has 11 nitrogen and oxygen atoms in total. The fourth-order valence-corrected chi connectivity index (χ4v) is 2.40. The first-order chi connectivity index (χ1) is 11.2. The summed E-state index contributed by atoms with van der Waals surface area (Å²) >= 11 is 0. The van der Waals surface area contributed by atoms with Gasteiger partial charge in [0.25, 0.3) is 5.69 Å². The molecule has 0 bridgehead atoms. The number of nitrogens with one attached hydrogen (secondary N) is 2. The number of hydrogen-bond acceptors (Lipinski definition) is 8. The maximum absolute atomic E-state index is 10.6. The normalized spacial score (nSPS) is 17.6. The van der Waals surface area contributed by atoms with Crippen LogP contribution in [0.1, 0.15) is 41.6 Å². The standard InChI is InChI=1S/C9H7NO6.C6H12N2.2H2O.Pt/c11-8(12)4-6-5(9(13)14)2-1-3-7(6)10(15)16;7-5-3-1-2-4-6(5)8;;;/h1-3H,4H2,(H,11,12)(H,13,14);5-8H,1-4H2;2*1H2;/q;-2;;;+4/p-4. The molecule has 0 heterocycles. The van der Waals surface area contributed by atoms with E-state index in [0.717, 1.165) is 31.0 Å². The van der Waals surface area contributed by atoms with Gasteiger partial charge in [0, 0.05) is 29.6 Å². The summed E-state index contributed by atoms with van der Waals surface area (Å²) in [4.78, 5) is 30.7. The largest absolute Gasteiger partial charge is 4.00 e. The van der Waals surface area contributed by atoms with Crippen molar-refractivity contribution in [2.45, 2.75) is 44.2 Å². The molecule has 0 saturated heterocycles. The number of carbonyl (C=O) groups is 2. The fourth-order valence-electron chi connectivity index (χ4n) is 2.40. The Hall–Kier alpha value is -1.91. The van der Waals surface area contributed by atoms with Crippen LogP contribution in [0.25, 0.3) is 11.5 Å². The van der Waals surface area contributed by atoms with Crippen LogP contribution < -0.4 is 10.2 Å². The maximum Gasteiger partial charge on any atom is 4.00 e. The summed E-state index contributed by atoms with van der Waals surface area (Å²) < 4.78 is 0. The minimum atomic E-state index is -1.67. The van der Waals surface area contributed by atoms with Crippen molar-refractivity contribution in [3.63, 3.8) is 0 Å². The SMILES string of the molecule is O=C([O-])Cc1c(C(=O)[O-])cccc1[N+](=O)[O-].[NH-]C1CCCCC1[NH-].[OH-].[OH-].[Pt+4]. The minimum absolute atomic E-state index is 0. The molecule has 27 heavy (non-hydrogen) atoms. The van der Waals surface area contributed by atoms with Gasteiger partial charge >= 0.3 is 21.1 Å². The minimum Gasteiger partial charge on any atom is -0.870 e. The van der Waals surface area contributed by atoms with Crippen LogP contribution in [0.15, 0.2) is 18.2 Å². The zero-order valence-corrected chi connectivity index (χ0v) is 16.3. The van der Waals surface area contributed by atoms with Gasteiger partial charge in [-0.15, -0.1) is 0 Å². The number of hydrogen-bond donors (Lipinski definition) is 0. The molecule has 0 aliphatic heterocycles. The Bertz CT molecular complexity index is 587. The number of rotatable bonds is 4. The first-order valence-electron chi connectivity index (χ1n) is 7.33. The van der Waals surface area contributed by atoms with E-state index in [1.807, 2.05) is 0 Å². The monoisotopic (exact) mass is 564 g/mol. The van der Waals surface area contributed by atoms with Gasteiger partial charge in [0.1, 0.15) is 0 Å². The van der Waals surface area contributed by atoms with E-state index in [9.17, 15) is 29.9 Å². The number of carboxylic acids is 2. The topological polar surface area (TPSA) is 231 Å². The zero-order valence-electron chi connectivity index (χ0n) is 14.0. The number of carbonyl (C=O) groups excluding carboxylic acids is 2. The van der Waals surface area contributed by atoms with Gasteiger partial charge in [-0.1, -0.05) is 37.8 Å². The van der Waals surface area contributed by atoms with Crippen molar-refractivity contribution in [3.05, 3.63) is 50.9 Å². The predicted octanol–water partition coefficient (Wildman–Crippen LogP) is 0.297. The predicted molar refractivity (Wildman–Crippen MR) is 84.7 cm³/mol. The fraction of sp³-hybridized carbons (Fsp3) is 0.467. The molecule has 2 rings (SSSR count). The van der Waals surface area contributed by atoms with Crippen molar-refractivity contribution in [2.24, 2.45) is 0 Å². The van der Waals surface area contributed by atoms with Crippen molar-refractivity contribution in [1.82, 2.24) is 0 Å². The van der Waals surface area contributed by atoms with Crippen LogP contribution in [0.4, 0.5) is 5.69 Å². The van der Waals surface area contributed by atoms with E-state index in [4.69, 9.17) is 11.5 Å². The molecule has 0 aromatic heterocycles. The summed E-state index contributed by atoms with van der Waals surface area (Å²) in [5, 5.41) is 31.6. The second-order valence-electron chi connectivity index (χ2n) is 5.39. The van der Waals surface area contributed by atoms with Gasteiger partial charge in [-0.25, -0.2) is 0 Å². The van der Waals surface area contributed by atoms with Crippen LogP contribution in [0.5, 0.6) is 0 Å². The average Bonchev–Trinajstić information content (AvgIpc) is 2.50. The molecule has 4 N–H and O–H groups in total. The molecule has 1 saturated carbocycles. The van der Waals surface area contributed by atoms with Crippen molar-refractivity contribution in [1.29, 1.82) is 0 Å². The third-order valence-corrected chi connectivity index (χ3v) is 3.65. The second kappa shape index (κ2) is 14.2. The summed E-state index contributed by atoms with van der Waals surface area (Å²) in [5.74, 6) is -3.27. The van der Waals surface area contributed by atoms with Crippen molar-refractivity contribution < 1.29 is 56.7 Å². The summed E-state index contributed by atoms with van der Waals surface area (Å²) in [5.41, 5.74) is 13.1. The molecule has 1 aliphatic carbocycles. The third kappa shape index (κ3) is 9.55. The number of nitrogens with zero attached hydrogens (tertiary/aromatic N) is 1. The third-order valence-electron chi connectivity index (χ3n) is 3.65. The molecule has 2 unspecified atom stereocenters. The van der Waals surface area contributed by atoms with Gasteiger partial charge in [0.15, 0.2) is 0 Å². The molecule has 0 radical (unpaired) electrons.